The van der Waals surface area contributed by atoms with Crippen LogP contribution in [0.3, 0.4) is 0 Å². The first-order chi connectivity index (χ1) is 30.0. The van der Waals surface area contributed by atoms with Crippen LogP contribution in [0, 0.1) is 24.0 Å². The number of benzene rings is 5. The minimum atomic E-state index is -1.77. The van der Waals surface area contributed by atoms with Crippen LogP contribution >= 0.6 is 23.4 Å². The third-order valence-corrected chi connectivity index (χ3v) is 14.1. The molecule has 7 rings (SSSR count). The van der Waals surface area contributed by atoms with E-state index in [0.717, 1.165) is 73.5 Å². The summed E-state index contributed by atoms with van der Waals surface area (Å²) < 4.78 is 19.6. The van der Waals surface area contributed by atoms with E-state index < -0.39 is 16.3 Å². The van der Waals surface area contributed by atoms with Crippen molar-refractivity contribution in [2.75, 3.05) is 72.4 Å². The molecule has 0 saturated carbocycles. The van der Waals surface area contributed by atoms with Gasteiger partial charge in [0.15, 0.2) is 0 Å². The van der Waals surface area contributed by atoms with Crippen molar-refractivity contribution in [3.63, 3.8) is 0 Å². The number of halogens is 1. The Kier molecular flexibility index (Phi) is 15.1. The topological polar surface area (TPSA) is 105 Å². The summed E-state index contributed by atoms with van der Waals surface area (Å²) >= 11 is 6.28. The maximum atomic E-state index is 14.0. The SMILES string of the molecule is CCCn1c(C)c(C)c(-c2cccc(N3CCN(c4ccc(N[S+]([O-])c5cc([N+](=O)[O-])ccc5NC(CCN(C)C)CSc5ccccc5)cc4)CC3)c2)c1-c1ccc(Cl)cc1. The zero-order valence-corrected chi connectivity index (χ0v) is 38.5. The summed E-state index contributed by atoms with van der Waals surface area (Å²) in [6, 6.07) is 39.9. The molecular weight excluding hydrogens is 834 g/mol. The summed E-state index contributed by atoms with van der Waals surface area (Å²) in [6.45, 7) is 11.9. The Hall–Kier alpha value is -5.11. The predicted molar refractivity (Wildman–Crippen MR) is 262 cm³/mol. The summed E-state index contributed by atoms with van der Waals surface area (Å²) in [6.07, 6.45) is 1.88. The van der Waals surface area contributed by atoms with Crippen molar-refractivity contribution >= 4 is 63.2 Å². The largest absolute Gasteiger partial charge is 0.588 e. The average molecular weight is 891 g/mol. The van der Waals surface area contributed by atoms with Gasteiger partial charge >= 0.3 is 0 Å². The van der Waals surface area contributed by atoms with E-state index in [1.54, 1.807) is 17.8 Å². The van der Waals surface area contributed by atoms with Crippen LogP contribution in [-0.2, 0) is 17.9 Å². The second kappa shape index (κ2) is 20.8. The van der Waals surface area contributed by atoms with Gasteiger partial charge < -0.3 is 29.1 Å². The third kappa shape index (κ3) is 10.9. The van der Waals surface area contributed by atoms with E-state index in [1.807, 2.05) is 68.7 Å². The number of nitro benzene ring substituents is 1. The molecule has 2 N–H and O–H groups in total. The molecule has 5 aromatic carbocycles. The van der Waals surface area contributed by atoms with Crippen molar-refractivity contribution in [1.29, 1.82) is 0 Å². The Morgan fingerprint density at radius 3 is 2.19 bits per heavy atom. The third-order valence-electron chi connectivity index (χ3n) is 11.5. The van der Waals surface area contributed by atoms with Crippen LogP contribution in [0.5, 0.6) is 0 Å². The average Bonchev–Trinajstić information content (AvgIpc) is 3.53. The molecule has 0 amide bonds. The summed E-state index contributed by atoms with van der Waals surface area (Å²) in [5.41, 5.74) is 10.9. The second-order valence-electron chi connectivity index (χ2n) is 16.0. The van der Waals surface area contributed by atoms with Gasteiger partial charge in [0.25, 0.3) is 5.69 Å². The summed E-state index contributed by atoms with van der Waals surface area (Å²) in [4.78, 5) is 19.9. The lowest BCUT2D eigenvalue weighted by atomic mass is 9.97. The van der Waals surface area contributed by atoms with Gasteiger partial charge in [-0.1, -0.05) is 61.0 Å². The van der Waals surface area contributed by atoms with Crippen LogP contribution in [0.1, 0.15) is 31.0 Å². The summed E-state index contributed by atoms with van der Waals surface area (Å²) in [5.74, 6) is 0.774. The molecule has 2 heterocycles. The molecule has 1 fully saturated rings. The van der Waals surface area contributed by atoms with Crippen molar-refractivity contribution < 1.29 is 9.48 Å². The van der Waals surface area contributed by atoms with Crippen LogP contribution in [0.25, 0.3) is 22.4 Å². The Morgan fingerprint density at radius 2 is 1.53 bits per heavy atom. The minimum Gasteiger partial charge on any atom is -0.588 e. The molecule has 2 atom stereocenters. The highest BCUT2D eigenvalue weighted by Gasteiger charge is 2.26. The van der Waals surface area contributed by atoms with Crippen molar-refractivity contribution in [3.8, 4) is 22.4 Å². The molecule has 62 heavy (non-hydrogen) atoms. The molecule has 0 radical (unpaired) electrons. The van der Waals surface area contributed by atoms with E-state index in [4.69, 9.17) is 11.6 Å². The molecule has 2 unspecified atom stereocenters. The quantitative estimate of drug-likeness (QED) is 0.0378. The maximum absolute atomic E-state index is 14.0. The molecular formula is C49H56ClN7O3S2. The fraction of sp³-hybridized carbons (Fsp3) is 0.306. The van der Waals surface area contributed by atoms with Gasteiger partial charge in [-0.25, -0.2) is 4.72 Å². The number of thioether (sulfide) groups is 1. The molecule has 1 aliphatic rings. The van der Waals surface area contributed by atoms with Gasteiger partial charge in [-0.3, -0.25) is 10.1 Å². The number of anilines is 4. The van der Waals surface area contributed by atoms with E-state index in [-0.39, 0.29) is 11.7 Å². The van der Waals surface area contributed by atoms with Crippen LogP contribution in [0.4, 0.5) is 28.4 Å². The number of nitro groups is 1. The van der Waals surface area contributed by atoms with Crippen molar-refractivity contribution in [3.05, 3.63) is 148 Å². The molecule has 1 aromatic heterocycles. The van der Waals surface area contributed by atoms with Crippen LogP contribution in [0.2, 0.25) is 5.02 Å². The predicted octanol–water partition coefficient (Wildman–Crippen LogP) is 11.4. The number of nitrogens with zero attached hydrogens (tertiary/aromatic N) is 5. The van der Waals surface area contributed by atoms with Gasteiger partial charge in [-0.05, 0) is 131 Å². The van der Waals surface area contributed by atoms with Crippen molar-refractivity contribution in [2.45, 2.75) is 56.0 Å². The van der Waals surface area contributed by atoms with E-state index in [1.165, 1.54) is 51.5 Å². The molecule has 0 bridgehead atoms. The Balaban J connectivity index is 1.02. The number of non-ortho nitro benzene ring substituents is 1. The molecule has 0 spiro atoms. The first-order valence-electron chi connectivity index (χ1n) is 21.2. The molecule has 6 aromatic rings. The summed E-state index contributed by atoms with van der Waals surface area (Å²) in [7, 11) is 4.08. The van der Waals surface area contributed by atoms with Crippen LogP contribution < -0.4 is 19.8 Å². The smallest absolute Gasteiger partial charge is 0.274 e. The zero-order chi connectivity index (χ0) is 43.8. The highest BCUT2D eigenvalue weighted by molar-refractivity contribution is 7.99. The van der Waals surface area contributed by atoms with Crippen LogP contribution in [-0.4, -0.2) is 77.6 Å². The van der Waals surface area contributed by atoms with Gasteiger partial charge in [0.2, 0.25) is 4.90 Å². The van der Waals surface area contributed by atoms with Crippen LogP contribution in [0.15, 0.2) is 131 Å². The highest BCUT2D eigenvalue weighted by Crippen LogP contribution is 2.41. The van der Waals surface area contributed by atoms with Crippen molar-refractivity contribution in [1.82, 2.24) is 9.47 Å². The first kappa shape index (κ1) is 44.9. The zero-order valence-electron chi connectivity index (χ0n) is 36.1. The van der Waals surface area contributed by atoms with E-state index in [9.17, 15) is 14.7 Å². The number of aromatic nitrogens is 1. The van der Waals surface area contributed by atoms with Gasteiger partial charge in [-0.2, -0.15) is 0 Å². The molecule has 324 valence electrons. The first-order valence-corrected chi connectivity index (χ1v) is 23.7. The number of piperazine rings is 1. The monoisotopic (exact) mass is 889 g/mol. The lowest BCUT2D eigenvalue weighted by Crippen LogP contribution is -2.46. The number of hydrogen-bond acceptors (Lipinski definition) is 9. The number of hydrogen-bond donors (Lipinski definition) is 2. The number of nitrogens with one attached hydrogen (secondary N) is 2. The Bertz CT molecular complexity index is 2420. The number of rotatable bonds is 18. The standard InChI is InChI=1S/C49H56ClN7O3S2/c1-6-26-56-36(3)35(2)48(49(56)37-15-17-39(50)18-16-37)38-11-10-12-43(32-38)55-30-28-54(29-31-55)42-21-19-40(20-22-42)52-62(60)47-33-44(57(58)59)23-24-46(47)51-41(25-27-53(4)5)34-61-45-13-8-7-9-14-45/h7-24,32-33,41,51-52H,6,25-31,34H2,1-5H3. The Morgan fingerprint density at radius 1 is 0.839 bits per heavy atom. The molecule has 1 saturated heterocycles. The summed E-state index contributed by atoms with van der Waals surface area (Å²) in [5, 5.41) is 16.1. The van der Waals surface area contributed by atoms with Gasteiger partial charge in [0, 0.05) is 83.1 Å². The highest BCUT2D eigenvalue weighted by atomic mass is 35.5. The van der Waals surface area contributed by atoms with E-state index in [0.29, 0.717) is 16.3 Å². The van der Waals surface area contributed by atoms with Gasteiger partial charge in [0.1, 0.15) is 11.4 Å². The fourth-order valence-electron chi connectivity index (χ4n) is 8.05. The van der Waals surface area contributed by atoms with Crippen molar-refractivity contribution in [2.24, 2.45) is 0 Å². The lowest BCUT2D eigenvalue weighted by molar-refractivity contribution is -0.385. The maximum Gasteiger partial charge on any atom is 0.274 e. The molecule has 1 aliphatic heterocycles. The van der Waals surface area contributed by atoms with Gasteiger partial charge in [0.05, 0.1) is 28.1 Å². The second-order valence-corrected chi connectivity index (χ2v) is 18.7. The van der Waals surface area contributed by atoms with E-state index >= 15 is 0 Å². The molecule has 13 heteroatoms. The normalized spacial score (nSPS) is 13.9. The molecule has 10 nitrogen and oxygen atoms in total. The van der Waals surface area contributed by atoms with Gasteiger partial charge in [-0.15, -0.1) is 11.8 Å². The lowest BCUT2D eigenvalue weighted by Gasteiger charge is -2.37. The van der Waals surface area contributed by atoms with E-state index in [2.05, 4.69) is 98.6 Å². The minimum absolute atomic E-state index is 0.0308. The fourth-order valence-corrected chi connectivity index (χ4v) is 10.2. The Labute approximate surface area is 378 Å². The molecule has 0 aliphatic carbocycles.